The molecule has 1 atom stereocenters. The summed E-state index contributed by atoms with van der Waals surface area (Å²) in [7, 11) is 1.29. The van der Waals surface area contributed by atoms with Gasteiger partial charge in [0.05, 0.1) is 17.5 Å². The first-order valence-electron chi connectivity index (χ1n) is 4.90. The quantitative estimate of drug-likeness (QED) is 0.516. The molecule has 1 aromatic heterocycles. The number of hydrogen-bond acceptors (Lipinski definition) is 3. The van der Waals surface area contributed by atoms with Gasteiger partial charge >= 0.3 is 0 Å². The fourth-order valence-corrected chi connectivity index (χ4v) is 1.56. The number of aryl methyl sites for hydroxylation is 1. The Morgan fingerprint density at radius 2 is 1.47 bits per heavy atom. The molecule has 4 nitrogen and oxygen atoms in total. The van der Waals surface area contributed by atoms with E-state index in [1.807, 2.05) is 0 Å². The number of nitrogens with zero attached hydrogens (tertiary/aromatic N) is 3. The highest BCUT2D eigenvalue weighted by Gasteiger charge is 2.31. The molecular formula is C10H6F5N3O. The van der Waals surface area contributed by atoms with Gasteiger partial charge in [0.2, 0.25) is 5.82 Å². The SMILES string of the molecule is Cn1nncc1C(O)c1c(F)c(F)c(F)c(F)c1F. The van der Waals surface area contributed by atoms with Crippen molar-refractivity contribution in [3.05, 3.63) is 46.5 Å². The lowest BCUT2D eigenvalue weighted by molar-refractivity contribution is 0.193. The zero-order valence-corrected chi connectivity index (χ0v) is 9.33. The van der Waals surface area contributed by atoms with Crippen LogP contribution in [0.1, 0.15) is 17.4 Å². The highest BCUT2D eigenvalue weighted by atomic mass is 19.2. The summed E-state index contributed by atoms with van der Waals surface area (Å²) in [6.07, 6.45) is -1.13. The molecule has 0 spiro atoms. The van der Waals surface area contributed by atoms with Crippen molar-refractivity contribution in [1.82, 2.24) is 15.0 Å². The lowest BCUT2D eigenvalue weighted by atomic mass is 10.0. The van der Waals surface area contributed by atoms with E-state index >= 15 is 0 Å². The third-order valence-electron chi connectivity index (χ3n) is 2.55. The molecule has 102 valence electrons. The van der Waals surface area contributed by atoms with E-state index in [0.717, 1.165) is 10.9 Å². The van der Waals surface area contributed by atoms with Crippen molar-refractivity contribution >= 4 is 0 Å². The second-order valence-electron chi connectivity index (χ2n) is 3.67. The largest absolute Gasteiger partial charge is 0.382 e. The second-order valence-corrected chi connectivity index (χ2v) is 3.67. The van der Waals surface area contributed by atoms with Crippen LogP contribution >= 0.6 is 0 Å². The van der Waals surface area contributed by atoms with Crippen molar-refractivity contribution < 1.29 is 27.1 Å². The molecule has 1 heterocycles. The first-order chi connectivity index (χ1) is 8.86. The summed E-state index contributed by atoms with van der Waals surface area (Å²) in [6.45, 7) is 0. The van der Waals surface area contributed by atoms with Crippen LogP contribution in [0, 0.1) is 29.1 Å². The maximum Gasteiger partial charge on any atom is 0.200 e. The van der Waals surface area contributed by atoms with Gasteiger partial charge in [-0.15, -0.1) is 5.10 Å². The van der Waals surface area contributed by atoms with Crippen LogP contribution < -0.4 is 0 Å². The molecule has 19 heavy (non-hydrogen) atoms. The molecule has 2 aromatic rings. The average Bonchev–Trinajstić information content (AvgIpc) is 2.80. The normalized spacial score (nSPS) is 12.8. The Morgan fingerprint density at radius 1 is 1.00 bits per heavy atom. The van der Waals surface area contributed by atoms with Gasteiger partial charge in [0.25, 0.3) is 0 Å². The molecule has 1 aromatic carbocycles. The van der Waals surface area contributed by atoms with E-state index in [4.69, 9.17) is 0 Å². The summed E-state index contributed by atoms with van der Waals surface area (Å²) in [5.41, 5.74) is -1.56. The zero-order chi connectivity index (χ0) is 14.3. The molecule has 0 saturated heterocycles. The van der Waals surface area contributed by atoms with Crippen LogP contribution in [-0.4, -0.2) is 20.1 Å². The molecule has 1 N–H and O–H groups in total. The first kappa shape index (κ1) is 13.4. The zero-order valence-electron chi connectivity index (χ0n) is 9.33. The molecule has 0 amide bonds. The maximum absolute atomic E-state index is 13.4. The highest BCUT2D eigenvalue weighted by Crippen LogP contribution is 2.30. The van der Waals surface area contributed by atoms with E-state index in [9.17, 15) is 27.1 Å². The molecule has 0 saturated carbocycles. The van der Waals surface area contributed by atoms with Crippen LogP contribution in [-0.2, 0) is 7.05 Å². The molecule has 0 radical (unpaired) electrons. The Balaban J connectivity index is 2.67. The molecule has 0 aliphatic carbocycles. The van der Waals surface area contributed by atoms with Crippen molar-refractivity contribution in [2.75, 3.05) is 0 Å². The number of benzene rings is 1. The van der Waals surface area contributed by atoms with Crippen LogP contribution in [0.4, 0.5) is 22.0 Å². The summed E-state index contributed by atoms with van der Waals surface area (Å²) in [6, 6.07) is 0. The van der Waals surface area contributed by atoms with Crippen LogP contribution in [0.2, 0.25) is 0 Å². The van der Waals surface area contributed by atoms with Crippen molar-refractivity contribution in [3.63, 3.8) is 0 Å². The third kappa shape index (κ3) is 1.95. The second kappa shape index (κ2) is 4.57. The third-order valence-corrected chi connectivity index (χ3v) is 2.55. The number of hydrogen-bond donors (Lipinski definition) is 1. The van der Waals surface area contributed by atoms with Gasteiger partial charge in [0.1, 0.15) is 6.10 Å². The minimum Gasteiger partial charge on any atom is -0.382 e. The lowest BCUT2D eigenvalue weighted by Crippen LogP contribution is -2.14. The highest BCUT2D eigenvalue weighted by molar-refractivity contribution is 5.30. The van der Waals surface area contributed by atoms with Crippen LogP contribution in [0.5, 0.6) is 0 Å². The number of aromatic nitrogens is 3. The summed E-state index contributed by atoms with van der Waals surface area (Å²) >= 11 is 0. The standard InChI is InChI=1S/C10H6F5N3O/c1-18-3(2-16-17-18)10(19)4-5(11)7(13)9(15)8(14)6(4)12/h2,10,19H,1H3. The van der Waals surface area contributed by atoms with E-state index in [1.54, 1.807) is 0 Å². The predicted molar refractivity (Wildman–Crippen MR) is 51.3 cm³/mol. The number of aliphatic hydroxyl groups is 1. The summed E-state index contributed by atoms with van der Waals surface area (Å²) in [5, 5.41) is 16.4. The molecule has 0 fully saturated rings. The number of aliphatic hydroxyl groups excluding tert-OH is 1. The molecule has 2 rings (SSSR count). The van der Waals surface area contributed by atoms with Gasteiger partial charge in [-0.2, -0.15) is 0 Å². The minimum absolute atomic E-state index is 0.219. The lowest BCUT2D eigenvalue weighted by Gasteiger charge is -2.14. The molecule has 9 heteroatoms. The molecule has 1 unspecified atom stereocenters. The predicted octanol–water partition coefficient (Wildman–Crippen LogP) is 1.59. The smallest absolute Gasteiger partial charge is 0.200 e. The fraction of sp³-hybridized carbons (Fsp3) is 0.200. The van der Waals surface area contributed by atoms with E-state index in [1.165, 1.54) is 7.05 Å². The van der Waals surface area contributed by atoms with Gasteiger partial charge in [-0.25, -0.2) is 26.6 Å². The summed E-state index contributed by atoms with van der Waals surface area (Å²) in [4.78, 5) is 0. The minimum atomic E-state index is -2.28. The Labute approximate surface area is 103 Å². The van der Waals surface area contributed by atoms with Gasteiger partial charge < -0.3 is 5.11 Å². The van der Waals surface area contributed by atoms with E-state index in [0.29, 0.717) is 0 Å². The van der Waals surface area contributed by atoms with Gasteiger partial charge in [0, 0.05) is 7.05 Å². The van der Waals surface area contributed by atoms with Crippen molar-refractivity contribution in [2.45, 2.75) is 6.10 Å². The van der Waals surface area contributed by atoms with E-state index in [2.05, 4.69) is 10.3 Å². The average molecular weight is 279 g/mol. The van der Waals surface area contributed by atoms with Crippen LogP contribution in [0.25, 0.3) is 0 Å². The monoisotopic (exact) mass is 279 g/mol. The molecular weight excluding hydrogens is 273 g/mol. The first-order valence-corrected chi connectivity index (χ1v) is 4.90. The van der Waals surface area contributed by atoms with Crippen molar-refractivity contribution in [2.24, 2.45) is 7.05 Å². The fourth-order valence-electron chi connectivity index (χ4n) is 1.56. The molecule has 0 aliphatic heterocycles. The van der Waals surface area contributed by atoms with Gasteiger partial charge in [-0.1, -0.05) is 5.21 Å². The Morgan fingerprint density at radius 3 is 1.89 bits per heavy atom. The summed E-state index contributed by atoms with van der Waals surface area (Å²) < 4.78 is 66.7. The maximum atomic E-state index is 13.4. The van der Waals surface area contributed by atoms with E-state index < -0.39 is 40.8 Å². The van der Waals surface area contributed by atoms with Gasteiger partial charge in [-0.05, 0) is 0 Å². The van der Waals surface area contributed by atoms with Crippen LogP contribution in [0.15, 0.2) is 6.20 Å². The number of halogens is 5. The van der Waals surface area contributed by atoms with Crippen LogP contribution in [0.3, 0.4) is 0 Å². The molecule has 0 aliphatic rings. The van der Waals surface area contributed by atoms with Crippen molar-refractivity contribution in [1.29, 1.82) is 0 Å². The Bertz CT molecular complexity index is 613. The Hall–Kier alpha value is -2.03. The number of rotatable bonds is 2. The summed E-state index contributed by atoms with van der Waals surface area (Å²) in [5.74, 6) is -10.7. The van der Waals surface area contributed by atoms with Gasteiger partial charge in [0.15, 0.2) is 23.3 Å². The molecule has 0 bridgehead atoms. The Kier molecular flexibility index (Phi) is 3.23. The van der Waals surface area contributed by atoms with E-state index in [-0.39, 0.29) is 5.69 Å². The van der Waals surface area contributed by atoms with Gasteiger partial charge in [-0.3, -0.25) is 0 Å². The van der Waals surface area contributed by atoms with Crippen molar-refractivity contribution in [3.8, 4) is 0 Å². The topological polar surface area (TPSA) is 50.9 Å².